The van der Waals surface area contributed by atoms with Gasteiger partial charge in [-0.1, -0.05) is 278 Å². The fourth-order valence-corrected chi connectivity index (χ4v) is 8.45. The van der Waals surface area contributed by atoms with E-state index < -0.39 is 6.10 Å². The minimum Gasteiger partial charge on any atom is -0.462 e. The first-order valence-corrected chi connectivity index (χ1v) is 27.5. The quantitative estimate of drug-likeness (QED) is 0.0344. The van der Waals surface area contributed by atoms with Crippen LogP contribution in [-0.2, 0) is 28.6 Å². The van der Waals surface area contributed by atoms with Gasteiger partial charge in [-0.15, -0.1) is 0 Å². The molecule has 0 aromatic carbocycles. The molecule has 0 saturated carbocycles. The Labute approximate surface area is 380 Å². The standard InChI is InChI=1S/C55H106O6/c1-4-7-10-13-16-19-22-24-26-27-28-29-31-33-36-39-42-45-48-54(57)60-51-52(50-59-53(56)47-44-41-38-35-32-21-18-15-12-9-6-3)61-55(58)49-46-43-40-37-34-30-25-23-20-17-14-11-8-5-2/h52H,4-51H2,1-3H3/t52-/m1/s1. The molecule has 0 unspecified atom stereocenters. The van der Waals surface area contributed by atoms with Crippen LogP contribution in [0, 0.1) is 0 Å². The lowest BCUT2D eigenvalue weighted by atomic mass is 10.0. The molecule has 0 saturated heterocycles. The minimum absolute atomic E-state index is 0.0614. The normalized spacial score (nSPS) is 11.9. The number of hydrogen-bond donors (Lipinski definition) is 0. The lowest BCUT2D eigenvalue weighted by molar-refractivity contribution is -0.167. The SMILES string of the molecule is CCCCCCCCCCCCCCCCCCCCC(=O)OC[C@@H](COC(=O)CCCCCCCCCCCCC)OC(=O)CCCCCCCCCCCCCCCC. The van der Waals surface area contributed by atoms with Crippen LogP contribution < -0.4 is 0 Å². The zero-order chi connectivity index (χ0) is 44.4. The van der Waals surface area contributed by atoms with Crippen molar-refractivity contribution in [3.8, 4) is 0 Å². The molecule has 6 nitrogen and oxygen atoms in total. The molecule has 0 rings (SSSR count). The Bertz CT molecular complexity index is 905. The number of rotatable bonds is 51. The van der Waals surface area contributed by atoms with Crippen LogP contribution in [-0.4, -0.2) is 37.2 Å². The Balaban J connectivity index is 4.25. The van der Waals surface area contributed by atoms with Crippen molar-refractivity contribution in [3.63, 3.8) is 0 Å². The van der Waals surface area contributed by atoms with E-state index in [1.165, 1.54) is 218 Å². The summed E-state index contributed by atoms with van der Waals surface area (Å²) >= 11 is 0. The molecule has 0 fully saturated rings. The highest BCUT2D eigenvalue weighted by Crippen LogP contribution is 2.17. The summed E-state index contributed by atoms with van der Waals surface area (Å²) in [5.41, 5.74) is 0. The van der Waals surface area contributed by atoms with Crippen LogP contribution in [0.25, 0.3) is 0 Å². The molecular weight excluding hydrogens is 757 g/mol. The molecule has 0 N–H and O–H groups in total. The van der Waals surface area contributed by atoms with E-state index >= 15 is 0 Å². The summed E-state index contributed by atoms with van der Waals surface area (Å²) in [6, 6.07) is 0. The molecule has 0 aliphatic carbocycles. The minimum atomic E-state index is -0.760. The van der Waals surface area contributed by atoms with Gasteiger partial charge in [-0.3, -0.25) is 14.4 Å². The molecule has 0 aliphatic heterocycles. The van der Waals surface area contributed by atoms with Gasteiger partial charge in [0.1, 0.15) is 13.2 Å². The highest BCUT2D eigenvalue weighted by atomic mass is 16.6. The fourth-order valence-electron chi connectivity index (χ4n) is 8.45. The van der Waals surface area contributed by atoms with Crippen molar-refractivity contribution in [2.24, 2.45) is 0 Å². The first-order valence-electron chi connectivity index (χ1n) is 27.5. The van der Waals surface area contributed by atoms with Crippen LogP contribution in [0.3, 0.4) is 0 Å². The monoisotopic (exact) mass is 863 g/mol. The van der Waals surface area contributed by atoms with Gasteiger partial charge in [0.25, 0.3) is 0 Å². The van der Waals surface area contributed by atoms with Gasteiger partial charge >= 0.3 is 17.9 Å². The van der Waals surface area contributed by atoms with Crippen LogP contribution in [0.4, 0.5) is 0 Å². The van der Waals surface area contributed by atoms with Crippen molar-refractivity contribution < 1.29 is 28.6 Å². The van der Waals surface area contributed by atoms with Crippen LogP contribution in [0.1, 0.15) is 316 Å². The summed E-state index contributed by atoms with van der Waals surface area (Å²) in [6.45, 7) is 6.69. The van der Waals surface area contributed by atoms with Gasteiger partial charge in [-0.2, -0.15) is 0 Å². The predicted octanol–water partition coefficient (Wildman–Crippen LogP) is 18.0. The second kappa shape index (κ2) is 51.0. The van der Waals surface area contributed by atoms with Gasteiger partial charge in [0, 0.05) is 19.3 Å². The van der Waals surface area contributed by atoms with Crippen molar-refractivity contribution >= 4 is 17.9 Å². The molecule has 0 aliphatic rings. The molecule has 0 spiro atoms. The molecule has 0 heterocycles. The van der Waals surface area contributed by atoms with Crippen LogP contribution >= 0.6 is 0 Å². The third-order valence-corrected chi connectivity index (χ3v) is 12.6. The van der Waals surface area contributed by atoms with E-state index in [-0.39, 0.29) is 31.1 Å². The number of ether oxygens (including phenoxy) is 3. The summed E-state index contributed by atoms with van der Waals surface area (Å²) in [5, 5.41) is 0. The maximum Gasteiger partial charge on any atom is 0.306 e. The van der Waals surface area contributed by atoms with Gasteiger partial charge in [-0.25, -0.2) is 0 Å². The summed E-state index contributed by atoms with van der Waals surface area (Å²) in [6.07, 6.45) is 55.2. The lowest BCUT2D eigenvalue weighted by Gasteiger charge is -2.18. The van der Waals surface area contributed by atoms with Crippen LogP contribution in [0.5, 0.6) is 0 Å². The summed E-state index contributed by atoms with van der Waals surface area (Å²) in [5.74, 6) is -0.837. The molecule has 0 radical (unpaired) electrons. The first-order chi connectivity index (χ1) is 30.0. The Kier molecular flexibility index (Phi) is 49.7. The summed E-state index contributed by atoms with van der Waals surface area (Å²) < 4.78 is 16.8. The number of carbonyl (C=O) groups excluding carboxylic acids is 3. The van der Waals surface area contributed by atoms with Crippen LogP contribution in [0.2, 0.25) is 0 Å². The van der Waals surface area contributed by atoms with E-state index in [0.29, 0.717) is 19.3 Å². The van der Waals surface area contributed by atoms with Gasteiger partial charge in [-0.05, 0) is 19.3 Å². The van der Waals surface area contributed by atoms with E-state index in [4.69, 9.17) is 14.2 Å². The Morgan fingerprint density at radius 1 is 0.262 bits per heavy atom. The van der Waals surface area contributed by atoms with Crippen molar-refractivity contribution in [2.75, 3.05) is 13.2 Å². The summed E-state index contributed by atoms with van der Waals surface area (Å²) in [7, 11) is 0. The third kappa shape index (κ3) is 49.3. The molecule has 362 valence electrons. The Morgan fingerprint density at radius 3 is 0.656 bits per heavy atom. The third-order valence-electron chi connectivity index (χ3n) is 12.6. The zero-order valence-electron chi connectivity index (χ0n) is 41.5. The van der Waals surface area contributed by atoms with Crippen molar-refractivity contribution in [2.45, 2.75) is 322 Å². The average molecular weight is 863 g/mol. The fraction of sp³-hybridized carbons (Fsp3) is 0.945. The molecule has 0 aromatic heterocycles. The van der Waals surface area contributed by atoms with Crippen molar-refractivity contribution in [3.05, 3.63) is 0 Å². The molecule has 0 bridgehead atoms. The smallest absolute Gasteiger partial charge is 0.306 e. The highest BCUT2D eigenvalue weighted by molar-refractivity contribution is 5.71. The largest absolute Gasteiger partial charge is 0.462 e. The second-order valence-corrected chi connectivity index (χ2v) is 18.9. The Morgan fingerprint density at radius 2 is 0.443 bits per heavy atom. The maximum absolute atomic E-state index is 12.8. The van der Waals surface area contributed by atoms with Crippen molar-refractivity contribution in [1.29, 1.82) is 0 Å². The topological polar surface area (TPSA) is 78.9 Å². The van der Waals surface area contributed by atoms with Gasteiger partial charge in [0.15, 0.2) is 6.10 Å². The molecule has 6 heteroatoms. The van der Waals surface area contributed by atoms with E-state index in [0.717, 1.165) is 57.8 Å². The first kappa shape index (κ1) is 59.4. The highest BCUT2D eigenvalue weighted by Gasteiger charge is 2.19. The number of esters is 3. The molecule has 0 aromatic rings. The summed E-state index contributed by atoms with van der Waals surface area (Å²) in [4.78, 5) is 38.0. The predicted molar refractivity (Wildman–Crippen MR) is 261 cm³/mol. The number of unbranched alkanes of at least 4 members (excludes halogenated alkanes) is 40. The molecule has 0 amide bonds. The molecule has 61 heavy (non-hydrogen) atoms. The molecule has 1 atom stereocenters. The lowest BCUT2D eigenvalue weighted by Crippen LogP contribution is -2.30. The van der Waals surface area contributed by atoms with E-state index in [9.17, 15) is 14.4 Å². The average Bonchev–Trinajstić information content (AvgIpc) is 3.26. The van der Waals surface area contributed by atoms with Gasteiger partial charge in [0.2, 0.25) is 0 Å². The van der Waals surface area contributed by atoms with E-state index in [2.05, 4.69) is 20.8 Å². The Hall–Kier alpha value is -1.59. The number of carbonyl (C=O) groups is 3. The molecular formula is C55H106O6. The van der Waals surface area contributed by atoms with Crippen LogP contribution in [0.15, 0.2) is 0 Å². The maximum atomic E-state index is 12.8. The second-order valence-electron chi connectivity index (χ2n) is 18.9. The van der Waals surface area contributed by atoms with Crippen molar-refractivity contribution in [1.82, 2.24) is 0 Å². The van der Waals surface area contributed by atoms with E-state index in [1.54, 1.807) is 0 Å². The van der Waals surface area contributed by atoms with Gasteiger partial charge < -0.3 is 14.2 Å². The van der Waals surface area contributed by atoms with E-state index in [1.807, 2.05) is 0 Å². The number of hydrogen-bond acceptors (Lipinski definition) is 6. The van der Waals surface area contributed by atoms with Gasteiger partial charge in [0.05, 0.1) is 0 Å². The zero-order valence-corrected chi connectivity index (χ0v) is 41.5.